The van der Waals surface area contributed by atoms with Crippen molar-refractivity contribution < 1.29 is 4.79 Å². The summed E-state index contributed by atoms with van der Waals surface area (Å²) in [6, 6.07) is 16.6. The van der Waals surface area contributed by atoms with E-state index in [0.29, 0.717) is 19.6 Å². The molecular formula is C22H25N5O2. The maximum atomic E-state index is 12.0. The third-order valence-electron chi connectivity index (χ3n) is 4.45. The molecule has 0 radical (unpaired) electrons. The fourth-order valence-electron chi connectivity index (χ4n) is 2.76. The third-order valence-corrected chi connectivity index (χ3v) is 4.45. The number of urea groups is 1. The summed E-state index contributed by atoms with van der Waals surface area (Å²) in [5, 5.41) is 5.67. The highest BCUT2D eigenvalue weighted by molar-refractivity contribution is 5.73. The number of pyridine rings is 2. The van der Waals surface area contributed by atoms with Crippen molar-refractivity contribution in [2.24, 2.45) is 0 Å². The molecule has 0 aliphatic heterocycles. The van der Waals surface area contributed by atoms with E-state index in [9.17, 15) is 9.59 Å². The normalized spacial score (nSPS) is 10.4. The number of carbonyl (C=O) groups excluding carboxylic acids is 1. The van der Waals surface area contributed by atoms with Gasteiger partial charge in [-0.25, -0.2) is 9.78 Å². The molecule has 150 valence electrons. The minimum Gasteiger partial charge on any atom is -0.363 e. The molecule has 0 saturated heterocycles. The number of benzene rings is 1. The van der Waals surface area contributed by atoms with Crippen LogP contribution in [0.2, 0.25) is 0 Å². The van der Waals surface area contributed by atoms with E-state index in [-0.39, 0.29) is 11.6 Å². The van der Waals surface area contributed by atoms with E-state index in [1.807, 2.05) is 61.5 Å². The molecule has 3 rings (SSSR count). The molecule has 0 aliphatic rings. The van der Waals surface area contributed by atoms with E-state index in [0.717, 1.165) is 22.5 Å². The Kier molecular flexibility index (Phi) is 6.63. The van der Waals surface area contributed by atoms with Crippen LogP contribution in [0.15, 0.2) is 71.8 Å². The minimum atomic E-state index is -0.235. The van der Waals surface area contributed by atoms with Crippen LogP contribution in [0.5, 0.6) is 0 Å². The number of nitrogens with zero attached hydrogens (tertiary/aromatic N) is 3. The van der Waals surface area contributed by atoms with E-state index >= 15 is 0 Å². The molecule has 2 amide bonds. The lowest BCUT2D eigenvalue weighted by Gasteiger charge is -2.12. The van der Waals surface area contributed by atoms with Crippen LogP contribution in [0.25, 0.3) is 0 Å². The van der Waals surface area contributed by atoms with Gasteiger partial charge in [-0.1, -0.05) is 36.4 Å². The number of aromatic nitrogens is 2. The summed E-state index contributed by atoms with van der Waals surface area (Å²) >= 11 is 0. The molecule has 0 fully saturated rings. The Morgan fingerprint density at radius 2 is 1.59 bits per heavy atom. The molecule has 0 spiro atoms. The quantitative estimate of drug-likeness (QED) is 0.648. The highest BCUT2D eigenvalue weighted by Gasteiger charge is 2.03. The summed E-state index contributed by atoms with van der Waals surface area (Å²) in [5.41, 5.74) is 2.93. The van der Waals surface area contributed by atoms with Crippen LogP contribution in [-0.4, -0.2) is 29.7 Å². The standard InChI is InChI=1S/C22H25N5O2/c1-26(2)20-11-10-19(14-23-20)15-25-22(29)24-13-17-6-8-18(9-7-17)16-27-12-4-3-5-21(27)28/h3-12,14H,13,15-16H2,1-2H3,(H2,24,25,29). The van der Waals surface area contributed by atoms with Gasteiger partial charge in [0.05, 0.1) is 6.54 Å². The maximum absolute atomic E-state index is 12.0. The predicted molar refractivity (Wildman–Crippen MR) is 114 cm³/mol. The summed E-state index contributed by atoms with van der Waals surface area (Å²) in [4.78, 5) is 30.1. The van der Waals surface area contributed by atoms with Crippen molar-refractivity contribution >= 4 is 11.8 Å². The van der Waals surface area contributed by atoms with Crippen LogP contribution in [0, 0.1) is 0 Å². The molecule has 0 aliphatic carbocycles. The number of hydrogen-bond acceptors (Lipinski definition) is 4. The molecule has 7 heteroatoms. The first kappa shape index (κ1) is 20.1. The van der Waals surface area contributed by atoms with Gasteiger partial charge in [0.2, 0.25) is 0 Å². The highest BCUT2D eigenvalue weighted by Crippen LogP contribution is 2.08. The van der Waals surface area contributed by atoms with Crippen molar-refractivity contribution in [2.45, 2.75) is 19.6 Å². The third kappa shape index (κ3) is 5.93. The number of nitrogens with one attached hydrogen (secondary N) is 2. The molecule has 1 aromatic carbocycles. The maximum Gasteiger partial charge on any atom is 0.315 e. The Labute approximate surface area is 170 Å². The molecule has 7 nitrogen and oxygen atoms in total. The second kappa shape index (κ2) is 9.54. The van der Waals surface area contributed by atoms with Crippen LogP contribution in [0.1, 0.15) is 16.7 Å². The largest absolute Gasteiger partial charge is 0.363 e. The second-order valence-corrected chi connectivity index (χ2v) is 6.94. The predicted octanol–water partition coefficient (Wildman–Crippen LogP) is 2.36. The van der Waals surface area contributed by atoms with Crippen molar-refractivity contribution in [3.63, 3.8) is 0 Å². The van der Waals surface area contributed by atoms with Gasteiger partial charge in [0.15, 0.2) is 0 Å². The summed E-state index contributed by atoms with van der Waals surface area (Å²) in [6.45, 7) is 1.36. The molecule has 2 aromatic heterocycles. The molecule has 3 aromatic rings. The first-order valence-corrected chi connectivity index (χ1v) is 9.38. The minimum absolute atomic E-state index is 0.0264. The van der Waals surface area contributed by atoms with Crippen molar-refractivity contribution in [1.82, 2.24) is 20.2 Å². The first-order valence-electron chi connectivity index (χ1n) is 9.38. The van der Waals surface area contributed by atoms with Gasteiger partial charge in [-0.05, 0) is 28.8 Å². The Morgan fingerprint density at radius 1 is 0.931 bits per heavy atom. The first-order chi connectivity index (χ1) is 14.0. The topological polar surface area (TPSA) is 79.3 Å². The van der Waals surface area contributed by atoms with Gasteiger partial charge in [0.25, 0.3) is 5.56 Å². The van der Waals surface area contributed by atoms with Crippen molar-refractivity contribution in [2.75, 3.05) is 19.0 Å². The van der Waals surface area contributed by atoms with Crippen LogP contribution in [0.4, 0.5) is 10.6 Å². The van der Waals surface area contributed by atoms with Crippen molar-refractivity contribution in [3.05, 3.63) is 94.0 Å². The molecule has 0 bridgehead atoms. The van der Waals surface area contributed by atoms with Gasteiger partial charge < -0.3 is 20.1 Å². The van der Waals surface area contributed by atoms with E-state index in [2.05, 4.69) is 15.6 Å². The van der Waals surface area contributed by atoms with Gasteiger partial charge in [-0.15, -0.1) is 0 Å². The molecule has 0 saturated carbocycles. The Morgan fingerprint density at radius 3 is 2.21 bits per heavy atom. The van der Waals surface area contributed by atoms with E-state index in [4.69, 9.17) is 0 Å². The number of hydrogen-bond donors (Lipinski definition) is 2. The number of anilines is 1. The Balaban J connectivity index is 1.45. The SMILES string of the molecule is CN(C)c1ccc(CNC(=O)NCc2ccc(Cn3ccccc3=O)cc2)cn1. The van der Waals surface area contributed by atoms with Crippen LogP contribution >= 0.6 is 0 Å². The van der Waals surface area contributed by atoms with Crippen LogP contribution in [-0.2, 0) is 19.6 Å². The zero-order chi connectivity index (χ0) is 20.6. The molecule has 0 unspecified atom stereocenters. The molecule has 29 heavy (non-hydrogen) atoms. The Hall–Kier alpha value is -3.61. The van der Waals surface area contributed by atoms with Gasteiger partial charge in [-0.3, -0.25) is 4.79 Å². The molecular weight excluding hydrogens is 366 g/mol. The Bertz CT molecular complexity index is 995. The number of amides is 2. The van der Waals surface area contributed by atoms with Crippen molar-refractivity contribution in [3.8, 4) is 0 Å². The van der Waals surface area contributed by atoms with Gasteiger partial charge in [-0.2, -0.15) is 0 Å². The molecule has 2 heterocycles. The number of rotatable bonds is 7. The van der Waals surface area contributed by atoms with Gasteiger partial charge in [0.1, 0.15) is 5.82 Å². The second-order valence-electron chi connectivity index (χ2n) is 6.94. The van der Waals surface area contributed by atoms with E-state index < -0.39 is 0 Å². The van der Waals surface area contributed by atoms with Crippen LogP contribution < -0.4 is 21.1 Å². The molecule has 2 N–H and O–H groups in total. The van der Waals surface area contributed by atoms with Gasteiger partial charge >= 0.3 is 6.03 Å². The number of carbonyl (C=O) groups is 1. The summed E-state index contributed by atoms with van der Waals surface area (Å²) in [7, 11) is 3.86. The molecule has 0 atom stereocenters. The zero-order valence-electron chi connectivity index (χ0n) is 16.6. The average Bonchev–Trinajstić information content (AvgIpc) is 2.73. The van der Waals surface area contributed by atoms with E-state index in [1.165, 1.54) is 0 Å². The fourth-order valence-corrected chi connectivity index (χ4v) is 2.76. The summed E-state index contributed by atoms with van der Waals surface area (Å²) < 4.78 is 1.65. The highest BCUT2D eigenvalue weighted by atomic mass is 16.2. The lowest BCUT2D eigenvalue weighted by molar-refractivity contribution is 0.240. The fraction of sp³-hybridized carbons (Fsp3) is 0.227. The summed E-state index contributed by atoms with van der Waals surface area (Å²) in [5.74, 6) is 0.874. The lowest BCUT2D eigenvalue weighted by Crippen LogP contribution is -2.34. The summed E-state index contributed by atoms with van der Waals surface area (Å²) in [6.07, 6.45) is 3.53. The average molecular weight is 391 g/mol. The lowest BCUT2D eigenvalue weighted by atomic mass is 10.1. The smallest absolute Gasteiger partial charge is 0.315 e. The van der Waals surface area contributed by atoms with E-state index in [1.54, 1.807) is 29.1 Å². The van der Waals surface area contributed by atoms with Crippen LogP contribution in [0.3, 0.4) is 0 Å². The van der Waals surface area contributed by atoms with Gasteiger partial charge in [0, 0.05) is 45.6 Å². The monoisotopic (exact) mass is 391 g/mol. The zero-order valence-corrected chi connectivity index (χ0v) is 16.6. The van der Waals surface area contributed by atoms with Crippen molar-refractivity contribution in [1.29, 1.82) is 0 Å².